The van der Waals surface area contributed by atoms with Gasteiger partial charge in [-0.2, -0.15) is 5.10 Å². The standard InChI is InChI=1S/C27H25ClN10O3/c1-36-24(39)12-37(27(36)41)21-8-19(14-2-3-14)35-38-11-16(33-25(21)38)10-30-22-9-23(32-13-31-22)34-26(40)18-7-17(18)20-6-15(28)4-5-29-20/h4-6,8-9,11,13-14,17-18H,2-3,7,10,12H2,1H3,(H2,30,31,32,34,40)/t17-,18-/m0/s1. The predicted octanol–water partition coefficient (Wildman–Crippen LogP) is 3.20. The molecule has 1 aliphatic heterocycles. The van der Waals surface area contributed by atoms with Crippen LogP contribution >= 0.6 is 11.6 Å². The van der Waals surface area contributed by atoms with Crippen molar-refractivity contribution < 1.29 is 14.4 Å². The van der Waals surface area contributed by atoms with Crippen LogP contribution in [0.25, 0.3) is 5.65 Å². The van der Waals surface area contributed by atoms with Crippen LogP contribution in [0.1, 0.15) is 48.2 Å². The van der Waals surface area contributed by atoms with E-state index < -0.39 is 0 Å². The zero-order chi connectivity index (χ0) is 28.2. The zero-order valence-electron chi connectivity index (χ0n) is 22.0. The van der Waals surface area contributed by atoms with Crippen LogP contribution in [0, 0.1) is 5.92 Å². The topological polar surface area (TPSA) is 151 Å². The molecular formula is C27H25ClN10O3. The number of amides is 4. The molecule has 0 aromatic carbocycles. The summed E-state index contributed by atoms with van der Waals surface area (Å²) in [7, 11) is 1.48. The molecule has 14 heteroatoms. The highest BCUT2D eigenvalue weighted by atomic mass is 35.5. The monoisotopic (exact) mass is 572 g/mol. The third kappa shape index (κ3) is 4.92. The Bertz CT molecular complexity index is 1720. The molecule has 3 aliphatic rings. The summed E-state index contributed by atoms with van der Waals surface area (Å²) in [5.41, 5.74) is 3.40. The number of rotatable bonds is 8. The number of imide groups is 1. The van der Waals surface area contributed by atoms with Crippen molar-refractivity contribution >= 4 is 52.4 Å². The van der Waals surface area contributed by atoms with Crippen LogP contribution in [0.3, 0.4) is 0 Å². The van der Waals surface area contributed by atoms with E-state index in [0.29, 0.717) is 52.6 Å². The van der Waals surface area contributed by atoms with E-state index >= 15 is 0 Å². The van der Waals surface area contributed by atoms with Gasteiger partial charge < -0.3 is 10.6 Å². The Balaban J connectivity index is 1.05. The van der Waals surface area contributed by atoms with Gasteiger partial charge in [-0.05, 0) is 37.5 Å². The molecule has 4 aromatic rings. The lowest BCUT2D eigenvalue weighted by atomic mass is 10.2. The van der Waals surface area contributed by atoms with Gasteiger partial charge in [0, 0.05) is 47.8 Å². The lowest BCUT2D eigenvalue weighted by molar-refractivity contribution is -0.124. The summed E-state index contributed by atoms with van der Waals surface area (Å²) in [6.45, 7) is 0.274. The summed E-state index contributed by atoms with van der Waals surface area (Å²) >= 11 is 6.06. The Hall–Kier alpha value is -4.65. The molecule has 208 valence electrons. The highest BCUT2D eigenvalue weighted by Gasteiger charge is 2.45. The van der Waals surface area contributed by atoms with Crippen molar-refractivity contribution in [2.75, 3.05) is 29.1 Å². The molecular weight excluding hydrogens is 548 g/mol. The number of imidazole rings is 1. The normalized spacial score (nSPS) is 20.1. The molecule has 4 aromatic heterocycles. The van der Waals surface area contributed by atoms with Crippen molar-refractivity contribution in [1.82, 2.24) is 34.4 Å². The first-order valence-electron chi connectivity index (χ1n) is 13.3. The summed E-state index contributed by atoms with van der Waals surface area (Å²) in [6, 6.07) is 6.64. The first-order chi connectivity index (χ1) is 19.8. The van der Waals surface area contributed by atoms with E-state index in [-0.39, 0.29) is 36.2 Å². The Morgan fingerprint density at radius 2 is 1.93 bits per heavy atom. The number of hydrogen-bond acceptors (Lipinski definition) is 9. The second-order valence-electron chi connectivity index (χ2n) is 10.5. The number of aromatic nitrogens is 6. The molecule has 0 spiro atoms. The maximum Gasteiger partial charge on any atom is 0.331 e. The fourth-order valence-corrected chi connectivity index (χ4v) is 5.20. The van der Waals surface area contributed by atoms with E-state index in [1.165, 1.54) is 18.3 Å². The van der Waals surface area contributed by atoms with E-state index in [1.807, 2.05) is 6.07 Å². The van der Waals surface area contributed by atoms with Crippen molar-refractivity contribution in [1.29, 1.82) is 0 Å². The molecule has 0 bridgehead atoms. The number of halogens is 1. The summed E-state index contributed by atoms with van der Waals surface area (Å²) in [4.78, 5) is 57.8. The second kappa shape index (κ2) is 9.77. The largest absolute Gasteiger partial charge is 0.364 e. The lowest BCUT2D eigenvalue weighted by Gasteiger charge is -2.16. The minimum absolute atomic E-state index is 0.0355. The first-order valence-corrected chi connectivity index (χ1v) is 13.7. The Kier molecular flexibility index (Phi) is 6.03. The predicted molar refractivity (Wildman–Crippen MR) is 149 cm³/mol. The van der Waals surface area contributed by atoms with Gasteiger partial charge in [0.15, 0.2) is 5.65 Å². The van der Waals surface area contributed by atoms with Crippen molar-refractivity contribution in [3.05, 3.63) is 65.1 Å². The van der Waals surface area contributed by atoms with Gasteiger partial charge in [0.05, 0.1) is 29.8 Å². The van der Waals surface area contributed by atoms with E-state index in [9.17, 15) is 14.4 Å². The molecule has 2 atom stereocenters. The SMILES string of the molecule is CN1C(=O)CN(c2cc(C3CC3)nn3cc(CNc4cc(NC(=O)[C@H]5C[C@@H]5c5cc(Cl)ccn5)ncn4)nc23)C1=O. The van der Waals surface area contributed by atoms with Gasteiger partial charge in [-0.1, -0.05) is 11.6 Å². The average molecular weight is 573 g/mol. The molecule has 41 heavy (non-hydrogen) atoms. The van der Waals surface area contributed by atoms with Crippen molar-refractivity contribution in [3.63, 3.8) is 0 Å². The number of nitrogens with one attached hydrogen (secondary N) is 2. The van der Waals surface area contributed by atoms with E-state index in [2.05, 4.69) is 25.6 Å². The Morgan fingerprint density at radius 1 is 1.10 bits per heavy atom. The van der Waals surface area contributed by atoms with Gasteiger partial charge in [0.1, 0.15) is 24.5 Å². The molecule has 7 rings (SSSR count). The molecule has 2 saturated carbocycles. The molecule has 0 unspecified atom stereocenters. The number of carbonyl (C=O) groups is 3. The molecule has 4 amide bonds. The fraction of sp³-hybridized carbons (Fsp3) is 0.333. The molecule has 0 radical (unpaired) electrons. The van der Waals surface area contributed by atoms with Crippen LogP contribution in [0.4, 0.5) is 22.1 Å². The van der Waals surface area contributed by atoms with Crippen molar-refractivity contribution in [3.8, 4) is 0 Å². The van der Waals surface area contributed by atoms with Gasteiger partial charge >= 0.3 is 6.03 Å². The van der Waals surface area contributed by atoms with Crippen LogP contribution < -0.4 is 15.5 Å². The van der Waals surface area contributed by atoms with E-state index in [1.54, 1.807) is 35.1 Å². The molecule has 2 aliphatic carbocycles. The smallest absolute Gasteiger partial charge is 0.331 e. The Morgan fingerprint density at radius 3 is 2.68 bits per heavy atom. The number of urea groups is 1. The molecule has 2 N–H and O–H groups in total. The van der Waals surface area contributed by atoms with E-state index in [0.717, 1.165) is 29.1 Å². The number of fused-ring (bicyclic) bond motifs is 1. The lowest BCUT2D eigenvalue weighted by Crippen LogP contribution is -2.30. The summed E-state index contributed by atoms with van der Waals surface area (Å²) < 4.78 is 1.67. The van der Waals surface area contributed by atoms with Gasteiger partial charge in [-0.15, -0.1) is 0 Å². The number of anilines is 3. The minimum atomic E-state index is -0.385. The van der Waals surface area contributed by atoms with Gasteiger partial charge in [-0.3, -0.25) is 24.4 Å². The zero-order valence-corrected chi connectivity index (χ0v) is 22.7. The fourth-order valence-electron chi connectivity index (χ4n) is 5.03. The molecule has 13 nitrogen and oxygen atoms in total. The van der Waals surface area contributed by atoms with Crippen LogP contribution in [0.5, 0.6) is 0 Å². The Labute approximate surface area is 238 Å². The molecule has 1 saturated heterocycles. The first kappa shape index (κ1) is 25.3. The number of carbonyl (C=O) groups excluding carboxylic acids is 3. The van der Waals surface area contributed by atoms with Crippen LogP contribution in [-0.2, 0) is 16.1 Å². The summed E-state index contributed by atoms with van der Waals surface area (Å²) in [6.07, 6.45) is 7.60. The van der Waals surface area contributed by atoms with E-state index in [4.69, 9.17) is 21.7 Å². The summed E-state index contributed by atoms with van der Waals surface area (Å²) in [5.74, 6) is 0.678. The molecule has 5 heterocycles. The second-order valence-corrected chi connectivity index (χ2v) is 11.0. The number of likely N-dealkylation sites (N-methyl/N-ethyl adjacent to an activating group) is 1. The highest BCUT2D eigenvalue weighted by Crippen LogP contribution is 2.47. The van der Waals surface area contributed by atoms with Crippen molar-refractivity contribution in [2.45, 2.75) is 37.6 Å². The quantitative estimate of drug-likeness (QED) is 0.303. The summed E-state index contributed by atoms with van der Waals surface area (Å²) in [5, 5.41) is 11.4. The number of hydrogen-bond donors (Lipinski definition) is 2. The molecule has 3 fully saturated rings. The highest BCUT2D eigenvalue weighted by molar-refractivity contribution is 6.30. The minimum Gasteiger partial charge on any atom is -0.364 e. The maximum atomic E-state index is 12.8. The van der Waals surface area contributed by atoms with Crippen LogP contribution in [0.15, 0.2) is 43.0 Å². The third-order valence-electron chi connectivity index (χ3n) is 7.57. The maximum absolute atomic E-state index is 12.8. The van der Waals surface area contributed by atoms with Gasteiger partial charge in [-0.25, -0.2) is 24.3 Å². The van der Waals surface area contributed by atoms with Gasteiger partial charge in [0.2, 0.25) is 11.8 Å². The number of pyridine rings is 1. The average Bonchev–Trinajstić information content (AvgIpc) is 3.89. The van der Waals surface area contributed by atoms with Crippen molar-refractivity contribution in [2.24, 2.45) is 5.92 Å². The number of nitrogens with zero attached hydrogens (tertiary/aromatic N) is 8. The third-order valence-corrected chi connectivity index (χ3v) is 7.80. The van der Waals surface area contributed by atoms with Gasteiger partial charge in [0.25, 0.3) is 0 Å². The van der Waals surface area contributed by atoms with Crippen LogP contribution in [-0.4, -0.2) is 65.9 Å². The van der Waals surface area contributed by atoms with Crippen LogP contribution in [0.2, 0.25) is 5.02 Å².